The van der Waals surface area contributed by atoms with Crippen molar-refractivity contribution in [1.82, 2.24) is 0 Å². The Morgan fingerprint density at radius 3 is 3.00 bits per heavy atom. The Morgan fingerprint density at radius 2 is 2.00 bits per heavy atom. The summed E-state index contributed by atoms with van der Waals surface area (Å²) in [6.07, 6.45) is 15.7. The van der Waals surface area contributed by atoms with Crippen molar-refractivity contribution in [2.24, 2.45) is 11.8 Å². The van der Waals surface area contributed by atoms with Gasteiger partial charge in [-0.15, -0.1) is 0 Å². The van der Waals surface area contributed by atoms with Gasteiger partial charge in [0.25, 0.3) is 0 Å². The molecule has 1 fully saturated rings. The van der Waals surface area contributed by atoms with Gasteiger partial charge < -0.3 is 0 Å². The molecule has 90 valence electrons. The minimum atomic E-state index is 0.629. The first-order valence-electron chi connectivity index (χ1n) is 7.07. The van der Waals surface area contributed by atoms with E-state index in [1.54, 1.807) is 11.1 Å². The Labute approximate surface area is 109 Å². The number of rotatable bonds is 1. The van der Waals surface area contributed by atoms with E-state index >= 15 is 0 Å². The Morgan fingerprint density at radius 1 is 1.06 bits per heavy atom. The van der Waals surface area contributed by atoms with Crippen molar-refractivity contribution in [3.05, 3.63) is 65.3 Å². The summed E-state index contributed by atoms with van der Waals surface area (Å²) in [5.41, 5.74) is 4.68. The summed E-state index contributed by atoms with van der Waals surface area (Å²) >= 11 is 0. The van der Waals surface area contributed by atoms with E-state index in [1.165, 1.54) is 24.8 Å². The highest BCUT2D eigenvalue weighted by Crippen LogP contribution is 2.49. The normalized spacial score (nSPS) is 32.2. The van der Waals surface area contributed by atoms with Crippen LogP contribution in [0.5, 0.6) is 0 Å². The standard InChI is InChI=1S/C18H18/c1-3-7-15-13(5-1)9-11-17(15)18-12-10-14-6-2-4-8-16(14)18/h1-5,7-9,11,14,17-18H,6,10,12H2. The molecule has 0 heterocycles. The van der Waals surface area contributed by atoms with Crippen LogP contribution in [0.15, 0.2) is 54.1 Å². The molecule has 1 saturated carbocycles. The third-order valence-corrected chi connectivity index (χ3v) is 4.84. The van der Waals surface area contributed by atoms with E-state index < -0.39 is 0 Å². The van der Waals surface area contributed by atoms with E-state index in [2.05, 4.69) is 54.6 Å². The fraction of sp³-hybridized carbons (Fsp3) is 0.333. The third kappa shape index (κ3) is 1.45. The smallest absolute Gasteiger partial charge is 0.00929 e. The molecular formula is C18H18. The first-order valence-corrected chi connectivity index (χ1v) is 7.07. The van der Waals surface area contributed by atoms with Gasteiger partial charge in [0.15, 0.2) is 0 Å². The van der Waals surface area contributed by atoms with E-state index in [9.17, 15) is 0 Å². The maximum absolute atomic E-state index is 2.43. The molecule has 1 aromatic rings. The summed E-state index contributed by atoms with van der Waals surface area (Å²) in [4.78, 5) is 0. The molecule has 3 aliphatic carbocycles. The maximum Gasteiger partial charge on any atom is 0.00929 e. The zero-order valence-corrected chi connectivity index (χ0v) is 10.5. The minimum absolute atomic E-state index is 0.629. The summed E-state index contributed by atoms with van der Waals surface area (Å²) < 4.78 is 0. The Balaban J connectivity index is 1.72. The van der Waals surface area contributed by atoms with Crippen LogP contribution >= 0.6 is 0 Å². The van der Waals surface area contributed by atoms with E-state index in [1.807, 2.05) is 0 Å². The van der Waals surface area contributed by atoms with Crippen LogP contribution in [0.2, 0.25) is 0 Å². The van der Waals surface area contributed by atoms with Gasteiger partial charge >= 0.3 is 0 Å². The van der Waals surface area contributed by atoms with Gasteiger partial charge in [-0.25, -0.2) is 0 Å². The van der Waals surface area contributed by atoms with Gasteiger partial charge in [0.1, 0.15) is 0 Å². The molecule has 4 rings (SSSR count). The van der Waals surface area contributed by atoms with Crippen LogP contribution in [-0.4, -0.2) is 0 Å². The van der Waals surface area contributed by atoms with Gasteiger partial charge in [-0.05, 0) is 42.2 Å². The van der Waals surface area contributed by atoms with Crippen LogP contribution in [0.1, 0.15) is 36.3 Å². The fourth-order valence-corrected chi connectivity index (χ4v) is 3.97. The Kier molecular flexibility index (Phi) is 2.29. The van der Waals surface area contributed by atoms with Crippen LogP contribution in [0.3, 0.4) is 0 Å². The van der Waals surface area contributed by atoms with Crippen LogP contribution in [0.4, 0.5) is 0 Å². The highest BCUT2D eigenvalue weighted by Gasteiger charge is 2.36. The highest BCUT2D eigenvalue weighted by atomic mass is 14.4. The molecule has 18 heavy (non-hydrogen) atoms. The van der Waals surface area contributed by atoms with Gasteiger partial charge in [-0.3, -0.25) is 0 Å². The topological polar surface area (TPSA) is 0 Å². The lowest BCUT2D eigenvalue weighted by Gasteiger charge is -2.23. The van der Waals surface area contributed by atoms with Crippen LogP contribution in [-0.2, 0) is 0 Å². The zero-order chi connectivity index (χ0) is 11.9. The summed E-state index contributed by atoms with van der Waals surface area (Å²) in [5.74, 6) is 2.21. The van der Waals surface area contributed by atoms with Gasteiger partial charge in [-0.2, -0.15) is 0 Å². The first-order chi connectivity index (χ1) is 8.93. The molecule has 0 heteroatoms. The molecule has 0 nitrogen and oxygen atoms in total. The molecule has 0 radical (unpaired) electrons. The minimum Gasteiger partial charge on any atom is -0.0839 e. The molecule has 0 aromatic heterocycles. The van der Waals surface area contributed by atoms with E-state index in [4.69, 9.17) is 0 Å². The average molecular weight is 234 g/mol. The van der Waals surface area contributed by atoms with Gasteiger partial charge in [-0.1, -0.05) is 60.2 Å². The predicted molar refractivity (Wildman–Crippen MR) is 76.3 cm³/mol. The van der Waals surface area contributed by atoms with E-state index in [0.717, 1.165) is 11.8 Å². The summed E-state index contributed by atoms with van der Waals surface area (Å²) in [5, 5.41) is 0. The van der Waals surface area contributed by atoms with E-state index in [0.29, 0.717) is 5.92 Å². The first kappa shape index (κ1) is 10.4. The molecule has 0 amide bonds. The summed E-state index contributed by atoms with van der Waals surface area (Å²) in [6, 6.07) is 8.88. The van der Waals surface area contributed by atoms with Crippen LogP contribution in [0, 0.1) is 11.8 Å². The van der Waals surface area contributed by atoms with Crippen molar-refractivity contribution in [2.75, 3.05) is 0 Å². The van der Waals surface area contributed by atoms with Crippen molar-refractivity contribution in [1.29, 1.82) is 0 Å². The van der Waals surface area contributed by atoms with Crippen molar-refractivity contribution in [2.45, 2.75) is 25.2 Å². The lowest BCUT2D eigenvalue weighted by Crippen LogP contribution is -2.11. The lowest BCUT2D eigenvalue weighted by molar-refractivity contribution is 0.569. The second-order valence-corrected chi connectivity index (χ2v) is 5.73. The second-order valence-electron chi connectivity index (χ2n) is 5.73. The molecule has 0 aliphatic heterocycles. The molecule has 3 atom stereocenters. The largest absolute Gasteiger partial charge is 0.0839 e. The molecule has 0 saturated heterocycles. The molecule has 3 aliphatic rings. The third-order valence-electron chi connectivity index (χ3n) is 4.84. The lowest BCUT2D eigenvalue weighted by atomic mass is 9.81. The molecule has 0 bridgehead atoms. The number of hydrogen-bond donors (Lipinski definition) is 0. The second kappa shape index (κ2) is 3.98. The quantitative estimate of drug-likeness (QED) is 0.660. The van der Waals surface area contributed by atoms with E-state index in [-0.39, 0.29) is 0 Å². The number of allylic oxidation sites excluding steroid dienone is 5. The monoisotopic (exact) mass is 234 g/mol. The molecule has 0 spiro atoms. The van der Waals surface area contributed by atoms with Gasteiger partial charge in [0.05, 0.1) is 0 Å². The number of hydrogen-bond acceptors (Lipinski definition) is 0. The molecule has 1 aromatic carbocycles. The van der Waals surface area contributed by atoms with Crippen LogP contribution < -0.4 is 0 Å². The fourth-order valence-electron chi connectivity index (χ4n) is 3.97. The molecule has 3 unspecified atom stereocenters. The maximum atomic E-state index is 2.43. The zero-order valence-electron chi connectivity index (χ0n) is 10.5. The molecular weight excluding hydrogens is 216 g/mol. The van der Waals surface area contributed by atoms with Crippen molar-refractivity contribution in [3.63, 3.8) is 0 Å². The van der Waals surface area contributed by atoms with Crippen LogP contribution in [0.25, 0.3) is 6.08 Å². The Bertz CT molecular complexity index is 559. The summed E-state index contributed by atoms with van der Waals surface area (Å²) in [6.45, 7) is 0. The average Bonchev–Trinajstić information content (AvgIpc) is 3.01. The molecule has 0 N–H and O–H groups in total. The summed E-state index contributed by atoms with van der Waals surface area (Å²) in [7, 11) is 0. The SMILES string of the molecule is C1=CCC2CCC(C3C=Cc4ccccc43)C2=C1. The number of benzene rings is 1. The van der Waals surface area contributed by atoms with Gasteiger partial charge in [0, 0.05) is 5.92 Å². The van der Waals surface area contributed by atoms with Gasteiger partial charge in [0.2, 0.25) is 0 Å². The van der Waals surface area contributed by atoms with Crippen molar-refractivity contribution in [3.8, 4) is 0 Å². The van der Waals surface area contributed by atoms with Crippen molar-refractivity contribution >= 4 is 6.08 Å². The predicted octanol–water partition coefficient (Wildman–Crippen LogP) is 4.71. The van der Waals surface area contributed by atoms with Crippen molar-refractivity contribution < 1.29 is 0 Å². The highest BCUT2D eigenvalue weighted by molar-refractivity contribution is 5.63. The Hall–Kier alpha value is -1.56. The number of fused-ring (bicyclic) bond motifs is 2.